The lowest BCUT2D eigenvalue weighted by Gasteiger charge is -2.16. The van der Waals surface area contributed by atoms with Crippen molar-refractivity contribution in [1.82, 2.24) is 10.3 Å². The van der Waals surface area contributed by atoms with Gasteiger partial charge < -0.3 is 15.4 Å². The zero-order chi connectivity index (χ0) is 19.1. The molecule has 2 N–H and O–H groups in total. The molecule has 142 valence electrons. The molecule has 1 amide bonds. The number of amides is 1. The number of pyridine rings is 1. The second kappa shape index (κ2) is 9.16. The minimum absolute atomic E-state index is 0.0735. The lowest BCUT2D eigenvalue weighted by molar-refractivity contribution is 0.0600. The third-order valence-corrected chi connectivity index (χ3v) is 4.77. The molecule has 2 aromatic rings. The van der Waals surface area contributed by atoms with E-state index in [1.54, 1.807) is 36.5 Å². The lowest BCUT2D eigenvalue weighted by atomic mass is 10.1. The Balaban J connectivity index is 1.68. The van der Waals surface area contributed by atoms with Crippen molar-refractivity contribution in [2.75, 3.05) is 12.4 Å². The van der Waals surface area contributed by atoms with Crippen molar-refractivity contribution in [3.63, 3.8) is 0 Å². The fourth-order valence-corrected chi connectivity index (χ4v) is 3.32. The summed E-state index contributed by atoms with van der Waals surface area (Å²) in [4.78, 5) is 28.5. The molecule has 1 aromatic heterocycles. The third-order valence-electron chi connectivity index (χ3n) is 4.77. The highest BCUT2D eigenvalue weighted by Crippen LogP contribution is 2.19. The SMILES string of the molecule is COC(=O)c1cccc(Nc2cc(C(=O)NC3CCCCCC3)ccn2)c1. The van der Waals surface area contributed by atoms with Gasteiger partial charge in [0.15, 0.2) is 0 Å². The molecule has 6 heteroatoms. The second-order valence-corrected chi connectivity index (χ2v) is 6.79. The topological polar surface area (TPSA) is 80.3 Å². The Morgan fingerprint density at radius 1 is 1.04 bits per heavy atom. The first-order valence-corrected chi connectivity index (χ1v) is 9.38. The van der Waals surface area contributed by atoms with Crippen molar-refractivity contribution in [3.8, 4) is 0 Å². The molecule has 1 fully saturated rings. The van der Waals surface area contributed by atoms with Gasteiger partial charge in [-0.1, -0.05) is 31.7 Å². The van der Waals surface area contributed by atoms with E-state index in [9.17, 15) is 9.59 Å². The summed E-state index contributed by atoms with van der Waals surface area (Å²) in [5, 5.41) is 6.28. The number of methoxy groups -OCH3 is 1. The van der Waals surface area contributed by atoms with E-state index in [-0.39, 0.29) is 11.9 Å². The van der Waals surface area contributed by atoms with E-state index in [0.717, 1.165) is 12.8 Å². The molecule has 1 heterocycles. The smallest absolute Gasteiger partial charge is 0.337 e. The lowest BCUT2D eigenvalue weighted by Crippen LogP contribution is -2.34. The summed E-state index contributed by atoms with van der Waals surface area (Å²) in [6.07, 6.45) is 8.54. The Hall–Kier alpha value is -2.89. The number of hydrogen-bond acceptors (Lipinski definition) is 5. The van der Waals surface area contributed by atoms with Crippen molar-refractivity contribution in [1.29, 1.82) is 0 Å². The van der Waals surface area contributed by atoms with Crippen LogP contribution in [0, 0.1) is 0 Å². The van der Waals surface area contributed by atoms with Gasteiger partial charge in [-0.2, -0.15) is 0 Å². The number of nitrogens with one attached hydrogen (secondary N) is 2. The fraction of sp³-hybridized carbons (Fsp3) is 0.381. The Morgan fingerprint density at radius 2 is 1.81 bits per heavy atom. The van der Waals surface area contributed by atoms with Gasteiger partial charge in [-0.15, -0.1) is 0 Å². The summed E-state index contributed by atoms with van der Waals surface area (Å²) >= 11 is 0. The molecule has 6 nitrogen and oxygen atoms in total. The van der Waals surface area contributed by atoms with Gasteiger partial charge in [0.25, 0.3) is 5.91 Å². The normalized spacial score (nSPS) is 14.9. The standard InChI is InChI=1S/C21H25N3O3/c1-27-21(26)16-7-6-10-18(13-16)23-19-14-15(11-12-22-19)20(25)24-17-8-4-2-3-5-9-17/h6-7,10-14,17H,2-5,8-9H2,1H3,(H,22,23)(H,24,25). The minimum Gasteiger partial charge on any atom is -0.465 e. The molecule has 0 aliphatic heterocycles. The van der Waals surface area contributed by atoms with Crippen molar-refractivity contribution in [2.24, 2.45) is 0 Å². The molecule has 27 heavy (non-hydrogen) atoms. The van der Waals surface area contributed by atoms with E-state index in [4.69, 9.17) is 4.74 Å². The molecule has 1 aromatic carbocycles. The molecule has 0 spiro atoms. The predicted octanol–water partition coefficient (Wildman–Crippen LogP) is 4.06. The average molecular weight is 367 g/mol. The summed E-state index contributed by atoms with van der Waals surface area (Å²) in [5.41, 5.74) is 1.72. The van der Waals surface area contributed by atoms with E-state index in [2.05, 4.69) is 15.6 Å². The van der Waals surface area contributed by atoms with Crippen LogP contribution in [0.3, 0.4) is 0 Å². The Labute approximate surface area is 159 Å². The summed E-state index contributed by atoms with van der Waals surface area (Å²) in [6.45, 7) is 0. The van der Waals surface area contributed by atoms with Crippen molar-refractivity contribution >= 4 is 23.4 Å². The average Bonchev–Trinajstić information content (AvgIpc) is 2.96. The first-order chi connectivity index (χ1) is 13.2. The van der Waals surface area contributed by atoms with Crippen molar-refractivity contribution < 1.29 is 14.3 Å². The summed E-state index contributed by atoms with van der Waals surface area (Å²) in [5.74, 6) is 0.0735. The van der Waals surface area contributed by atoms with E-state index in [1.165, 1.54) is 32.8 Å². The maximum Gasteiger partial charge on any atom is 0.337 e. The van der Waals surface area contributed by atoms with E-state index >= 15 is 0 Å². The quantitative estimate of drug-likeness (QED) is 0.615. The maximum atomic E-state index is 12.6. The van der Waals surface area contributed by atoms with Crippen LogP contribution in [-0.2, 0) is 4.74 Å². The first-order valence-electron chi connectivity index (χ1n) is 9.38. The molecule has 1 aliphatic rings. The Morgan fingerprint density at radius 3 is 2.56 bits per heavy atom. The molecule has 1 aliphatic carbocycles. The van der Waals surface area contributed by atoms with Crippen LogP contribution in [-0.4, -0.2) is 30.0 Å². The molecular formula is C21H25N3O3. The van der Waals surface area contributed by atoms with Crippen LogP contribution in [0.15, 0.2) is 42.6 Å². The molecule has 0 unspecified atom stereocenters. The van der Waals surface area contributed by atoms with E-state index in [0.29, 0.717) is 22.6 Å². The van der Waals surface area contributed by atoms with Crippen LogP contribution in [0.25, 0.3) is 0 Å². The van der Waals surface area contributed by atoms with Crippen LogP contribution in [0.5, 0.6) is 0 Å². The number of carbonyl (C=O) groups excluding carboxylic acids is 2. The first kappa shape index (κ1) is 18.9. The second-order valence-electron chi connectivity index (χ2n) is 6.79. The highest BCUT2D eigenvalue weighted by molar-refractivity contribution is 5.95. The zero-order valence-electron chi connectivity index (χ0n) is 15.5. The van der Waals surface area contributed by atoms with Gasteiger partial charge in [-0.3, -0.25) is 4.79 Å². The number of carbonyl (C=O) groups is 2. The largest absolute Gasteiger partial charge is 0.465 e. The molecule has 0 radical (unpaired) electrons. The van der Waals surface area contributed by atoms with Gasteiger partial charge in [0, 0.05) is 23.5 Å². The number of esters is 1. The summed E-state index contributed by atoms with van der Waals surface area (Å²) in [7, 11) is 1.35. The molecule has 0 saturated heterocycles. The van der Waals surface area contributed by atoms with Crippen LogP contribution in [0.2, 0.25) is 0 Å². The van der Waals surface area contributed by atoms with Gasteiger partial charge in [0.1, 0.15) is 5.82 Å². The van der Waals surface area contributed by atoms with Crippen LogP contribution in [0.1, 0.15) is 59.2 Å². The van der Waals surface area contributed by atoms with Crippen LogP contribution >= 0.6 is 0 Å². The van der Waals surface area contributed by atoms with Gasteiger partial charge >= 0.3 is 5.97 Å². The number of nitrogens with zero attached hydrogens (tertiary/aromatic N) is 1. The molecule has 0 bridgehead atoms. The highest BCUT2D eigenvalue weighted by atomic mass is 16.5. The van der Waals surface area contributed by atoms with E-state index < -0.39 is 5.97 Å². The number of rotatable bonds is 5. The fourth-order valence-electron chi connectivity index (χ4n) is 3.32. The van der Waals surface area contributed by atoms with E-state index in [1.807, 2.05) is 6.07 Å². The summed E-state index contributed by atoms with van der Waals surface area (Å²) in [6, 6.07) is 10.6. The third kappa shape index (κ3) is 5.29. The van der Waals surface area contributed by atoms with Crippen LogP contribution in [0.4, 0.5) is 11.5 Å². The molecule has 0 atom stereocenters. The zero-order valence-corrected chi connectivity index (χ0v) is 15.5. The number of benzene rings is 1. The van der Waals surface area contributed by atoms with Gasteiger partial charge in [-0.05, 0) is 43.2 Å². The highest BCUT2D eigenvalue weighted by Gasteiger charge is 2.16. The van der Waals surface area contributed by atoms with Gasteiger partial charge in [0.05, 0.1) is 12.7 Å². The predicted molar refractivity (Wildman–Crippen MR) is 104 cm³/mol. The Kier molecular flexibility index (Phi) is 6.41. The number of hydrogen-bond donors (Lipinski definition) is 2. The number of anilines is 2. The molecule has 1 saturated carbocycles. The van der Waals surface area contributed by atoms with Gasteiger partial charge in [0.2, 0.25) is 0 Å². The maximum absolute atomic E-state index is 12.6. The number of ether oxygens (including phenoxy) is 1. The summed E-state index contributed by atoms with van der Waals surface area (Å²) < 4.78 is 4.74. The van der Waals surface area contributed by atoms with Crippen LogP contribution < -0.4 is 10.6 Å². The van der Waals surface area contributed by atoms with Crippen molar-refractivity contribution in [3.05, 3.63) is 53.7 Å². The number of aromatic nitrogens is 1. The van der Waals surface area contributed by atoms with Crippen molar-refractivity contribution in [2.45, 2.75) is 44.6 Å². The van der Waals surface area contributed by atoms with Gasteiger partial charge in [-0.25, -0.2) is 9.78 Å². The monoisotopic (exact) mass is 367 g/mol. The minimum atomic E-state index is -0.400. The molecule has 3 rings (SSSR count). The molecular weight excluding hydrogens is 342 g/mol. The Bertz CT molecular complexity index is 799.